The predicted molar refractivity (Wildman–Crippen MR) is 69.9 cm³/mol. The standard InChI is InChI=1S/C15H19NO/c1-3-4-7-10-16-15-12(2)11-17-14-9-6-5-8-13(14)15/h1,5-6,8-9,12,15-16H,4,7,10-11H2,2H3. The highest BCUT2D eigenvalue weighted by Crippen LogP contribution is 2.34. The van der Waals surface area contributed by atoms with E-state index in [-0.39, 0.29) is 0 Å². The van der Waals surface area contributed by atoms with Gasteiger partial charge in [0.2, 0.25) is 0 Å². The summed E-state index contributed by atoms with van der Waals surface area (Å²) in [5.74, 6) is 4.18. The third kappa shape index (κ3) is 2.81. The molecule has 0 bridgehead atoms. The Hall–Kier alpha value is -1.46. The van der Waals surface area contributed by atoms with Crippen LogP contribution in [0.25, 0.3) is 0 Å². The largest absolute Gasteiger partial charge is 0.493 e. The van der Waals surface area contributed by atoms with Crippen LogP contribution in [-0.4, -0.2) is 13.2 Å². The minimum absolute atomic E-state index is 0.387. The maximum absolute atomic E-state index is 5.72. The van der Waals surface area contributed by atoms with Crippen molar-refractivity contribution in [1.29, 1.82) is 0 Å². The van der Waals surface area contributed by atoms with Crippen molar-refractivity contribution >= 4 is 0 Å². The molecule has 90 valence electrons. The molecule has 0 aromatic heterocycles. The molecule has 0 spiro atoms. The van der Waals surface area contributed by atoms with Crippen molar-refractivity contribution < 1.29 is 4.74 Å². The molecule has 2 unspecified atom stereocenters. The second-order valence-corrected chi connectivity index (χ2v) is 4.57. The fraction of sp³-hybridized carbons (Fsp3) is 0.467. The van der Waals surface area contributed by atoms with Gasteiger partial charge in [0, 0.05) is 23.9 Å². The number of benzene rings is 1. The molecule has 1 aliphatic heterocycles. The summed E-state index contributed by atoms with van der Waals surface area (Å²) in [6.45, 7) is 3.96. The van der Waals surface area contributed by atoms with Gasteiger partial charge in [-0.15, -0.1) is 12.3 Å². The van der Waals surface area contributed by atoms with Gasteiger partial charge in [-0.25, -0.2) is 0 Å². The lowest BCUT2D eigenvalue weighted by Gasteiger charge is -2.32. The van der Waals surface area contributed by atoms with Crippen molar-refractivity contribution in [3.05, 3.63) is 29.8 Å². The van der Waals surface area contributed by atoms with Crippen LogP contribution in [0, 0.1) is 18.3 Å². The molecule has 0 saturated heterocycles. The van der Waals surface area contributed by atoms with Crippen LogP contribution >= 0.6 is 0 Å². The molecule has 1 aromatic rings. The molecule has 0 radical (unpaired) electrons. The van der Waals surface area contributed by atoms with Gasteiger partial charge in [0.15, 0.2) is 0 Å². The third-order valence-corrected chi connectivity index (χ3v) is 3.19. The highest BCUT2D eigenvalue weighted by atomic mass is 16.5. The number of hydrogen-bond acceptors (Lipinski definition) is 2. The van der Waals surface area contributed by atoms with E-state index in [1.165, 1.54) is 5.56 Å². The van der Waals surface area contributed by atoms with Crippen molar-refractivity contribution in [3.63, 3.8) is 0 Å². The summed E-state index contributed by atoms with van der Waals surface area (Å²) in [4.78, 5) is 0. The summed E-state index contributed by atoms with van der Waals surface area (Å²) in [7, 11) is 0. The fourth-order valence-corrected chi connectivity index (χ4v) is 2.25. The SMILES string of the molecule is C#CCCCNC1c2ccccc2OCC1C. The molecule has 1 heterocycles. The molecular weight excluding hydrogens is 210 g/mol. The molecular formula is C15H19NO. The molecule has 2 heteroatoms. The Balaban J connectivity index is 2.03. The molecule has 1 aliphatic rings. The van der Waals surface area contributed by atoms with Crippen molar-refractivity contribution in [2.75, 3.05) is 13.2 Å². The van der Waals surface area contributed by atoms with E-state index < -0.39 is 0 Å². The number of rotatable bonds is 4. The predicted octanol–water partition coefficient (Wildman–Crippen LogP) is 2.76. The van der Waals surface area contributed by atoms with Crippen LogP contribution in [0.4, 0.5) is 0 Å². The van der Waals surface area contributed by atoms with E-state index in [2.05, 4.69) is 30.3 Å². The van der Waals surface area contributed by atoms with E-state index in [4.69, 9.17) is 11.2 Å². The number of nitrogens with one attached hydrogen (secondary N) is 1. The Labute approximate surface area is 103 Å². The summed E-state index contributed by atoms with van der Waals surface area (Å²) >= 11 is 0. The molecule has 17 heavy (non-hydrogen) atoms. The normalized spacial score (nSPS) is 22.4. The summed E-state index contributed by atoms with van der Waals surface area (Å²) in [6.07, 6.45) is 7.12. The second kappa shape index (κ2) is 5.75. The van der Waals surface area contributed by atoms with E-state index in [1.807, 2.05) is 12.1 Å². The van der Waals surface area contributed by atoms with Gasteiger partial charge in [-0.2, -0.15) is 0 Å². The van der Waals surface area contributed by atoms with Gasteiger partial charge in [0.25, 0.3) is 0 Å². The van der Waals surface area contributed by atoms with Crippen molar-refractivity contribution in [3.8, 4) is 18.1 Å². The summed E-state index contributed by atoms with van der Waals surface area (Å²) in [5.41, 5.74) is 1.27. The zero-order chi connectivity index (χ0) is 12.1. The van der Waals surface area contributed by atoms with Crippen LogP contribution < -0.4 is 10.1 Å². The third-order valence-electron chi connectivity index (χ3n) is 3.19. The molecule has 2 atom stereocenters. The Bertz CT molecular complexity index is 408. The average molecular weight is 229 g/mol. The van der Waals surface area contributed by atoms with Crippen LogP contribution in [0.3, 0.4) is 0 Å². The molecule has 0 aliphatic carbocycles. The van der Waals surface area contributed by atoms with Crippen molar-refractivity contribution in [1.82, 2.24) is 5.32 Å². The molecule has 1 N–H and O–H groups in total. The lowest BCUT2D eigenvalue weighted by Crippen LogP contribution is -2.34. The van der Waals surface area contributed by atoms with E-state index in [0.29, 0.717) is 12.0 Å². The lowest BCUT2D eigenvalue weighted by molar-refractivity contribution is 0.188. The van der Waals surface area contributed by atoms with Crippen molar-refractivity contribution in [2.24, 2.45) is 5.92 Å². The van der Waals surface area contributed by atoms with Gasteiger partial charge in [-0.05, 0) is 19.0 Å². The van der Waals surface area contributed by atoms with Crippen LogP contribution in [-0.2, 0) is 0 Å². The first kappa shape index (κ1) is 12.0. The highest BCUT2D eigenvalue weighted by Gasteiger charge is 2.26. The van der Waals surface area contributed by atoms with Gasteiger partial charge in [-0.1, -0.05) is 25.1 Å². The first-order chi connectivity index (χ1) is 8.33. The van der Waals surface area contributed by atoms with Gasteiger partial charge < -0.3 is 10.1 Å². The topological polar surface area (TPSA) is 21.3 Å². The molecule has 0 saturated carbocycles. The quantitative estimate of drug-likeness (QED) is 0.633. The molecule has 2 rings (SSSR count). The van der Waals surface area contributed by atoms with Crippen LogP contribution in [0.15, 0.2) is 24.3 Å². The Morgan fingerprint density at radius 1 is 1.47 bits per heavy atom. The highest BCUT2D eigenvalue weighted by molar-refractivity contribution is 5.37. The minimum Gasteiger partial charge on any atom is -0.493 e. The number of terminal acetylenes is 1. The summed E-state index contributed by atoms with van der Waals surface area (Å²) in [5, 5.41) is 3.59. The average Bonchev–Trinajstić information content (AvgIpc) is 2.37. The van der Waals surface area contributed by atoms with E-state index in [9.17, 15) is 0 Å². The Morgan fingerprint density at radius 3 is 3.12 bits per heavy atom. The minimum atomic E-state index is 0.387. The second-order valence-electron chi connectivity index (χ2n) is 4.57. The first-order valence-electron chi connectivity index (χ1n) is 6.21. The number of unbranched alkanes of at least 4 members (excludes halogenated alkanes) is 1. The smallest absolute Gasteiger partial charge is 0.124 e. The van der Waals surface area contributed by atoms with Crippen LogP contribution in [0.2, 0.25) is 0 Å². The van der Waals surface area contributed by atoms with E-state index in [0.717, 1.165) is 31.7 Å². The Morgan fingerprint density at radius 2 is 2.29 bits per heavy atom. The maximum atomic E-state index is 5.72. The lowest BCUT2D eigenvalue weighted by atomic mass is 9.92. The summed E-state index contributed by atoms with van der Waals surface area (Å²) < 4.78 is 5.72. The number of fused-ring (bicyclic) bond motifs is 1. The number of hydrogen-bond donors (Lipinski definition) is 1. The molecule has 2 nitrogen and oxygen atoms in total. The van der Waals surface area contributed by atoms with Crippen LogP contribution in [0.5, 0.6) is 5.75 Å². The Kier molecular flexibility index (Phi) is 4.06. The summed E-state index contributed by atoms with van der Waals surface area (Å²) in [6, 6.07) is 8.65. The zero-order valence-corrected chi connectivity index (χ0v) is 10.3. The van der Waals surface area contributed by atoms with Gasteiger partial charge in [-0.3, -0.25) is 0 Å². The molecule has 0 amide bonds. The maximum Gasteiger partial charge on any atom is 0.124 e. The zero-order valence-electron chi connectivity index (χ0n) is 10.3. The monoisotopic (exact) mass is 229 g/mol. The number of ether oxygens (including phenoxy) is 1. The van der Waals surface area contributed by atoms with Gasteiger partial charge >= 0.3 is 0 Å². The van der Waals surface area contributed by atoms with Gasteiger partial charge in [0.1, 0.15) is 5.75 Å². The van der Waals surface area contributed by atoms with E-state index in [1.54, 1.807) is 0 Å². The number of para-hydroxylation sites is 1. The molecule has 0 fully saturated rings. The fourth-order valence-electron chi connectivity index (χ4n) is 2.25. The molecule has 1 aromatic carbocycles. The van der Waals surface area contributed by atoms with Gasteiger partial charge in [0.05, 0.1) is 6.61 Å². The first-order valence-corrected chi connectivity index (χ1v) is 6.21. The van der Waals surface area contributed by atoms with Crippen molar-refractivity contribution in [2.45, 2.75) is 25.8 Å². The van der Waals surface area contributed by atoms with Crippen LogP contribution in [0.1, 0.15) is 31.4 Å². The van der Waals surface area contributed by atoms with E-state index >= 15 is 0 Å².